The second-order valence-electron chi connectivity index (χ2n) is 4.36. The van der Waals surface area contributed by atoms with Crippen LogP contribution in [0, 0.1) is 11.3 Å². The molecule has 0 aliphatic carbocycles. The van der Waals surface area contributed by atoms with Gasteiger partial charge in [0.25, 0.3) is 0 Å². The maximum atomic E-state index is 12.2. The molecule has 0 spiro atoms. The van der Waals surface area contributed by atoms with Gasteiger partial charge in [-0.2, -0.15) is 13.8 Å². The lowest BCUT2D eigenvalue weighted by Crippen LogP contribution is -2.35. The first kappa shape index (κ1) is 9.86. The Morgan fingerprint density at radius 2 is 2.00 bits per heavy atom. The predicted molar refractivity (Wildman–Crippen MR) is 43.7 cm³/mol. The lowest BCUT2D eigenvalue weighted by molar-refractivity contribution is -0.0439. The van der Waals surface area contributed by atoms with Crippen LogP contribution in [-0.2, 0) is 0 Å². The molecular formula is C8H16F2N2. The van der Waals surface area contributed by atoms with Crippen molar-refractivity contribution in [3.05, 3.63) is 0 Å². The molecule has 2 nitrogen and oxygen atoms in total. The molecule has 1 heterocycles. The van der Waals surface area contributed by atoms with Gasteiger partial charge in [0, 0.05) is 13.1 Å². The first-order valence-corrected chi connectivity index (χ1v) is 4.19. The minimum atomic E-state index is -2.38. The highest BCUT2D eigenvalue weighted by atomic mass is 19.3. The van der Waals surface area contributed by atoms with Gasteiger partial charge in [0.05, 0.1) is 0 Å². The van der Waals surface area contributed by atoms with E-state index in [1.54, 1.807) is 0 Å². The summed E-state index contributed by atoms with van der Waals surface area (Å²) in [4.78, 5) is 0. The van der Waals surface area contributed by atoms with Gasteiger partial charge in [-0.3, -0.25) is 5.43 Å². The zero-order valence-corrected chi connectivity index (χ0v) is 7.77. The Morgan fingerprint density at radius 1 is 1.42 bits per heavy atom. The smallest absolute Gasteiger partial charge is 0.250 e. The summed E-state index contributed by atoms with van der Waals surface area (Å²) in [6.07, 6.45) is 0. The number of hydrazine groups is 1. The molecule has 1 rings (SSSR count). The summed E-state index contributed by atoms with van der Waals surface area (Å²) < 4.78 is 24.3. The lowest BCUT2D eigenvalue weighted by atomic mass is 9.81. The summed E-state index contributed by atoms with van der Waals surface area (Å²) in [6.45, 7) is 4.96. The number of nitrogens with one attached hydrogen (secondary N) is 1. The zero-order chi connectivity index (χ0) is 9.35. The Bertz CT molecular complexity index is 154. The molecule has 0 amide bonds. The molecule has 1 saturated heterocycles. The summed E-state index contributed by atoms with van der Waals surface area (Å²) in [5.41, 5.74) is 2.80. The van der Waals surface area contributed by atoms with Gasteiger partial charge in [0.2, 0.25) is 0 Å². The fourth-order valence-electron chi connectivity index (χ4n) is 1.32. The molecule has 4 heteroatoms. The molecule has 1 atom stereocenters. The highest BCUT2D eigenvalue weighted by molar-refractivity contribution is 4.82. The van der Waals surface area contributed by atoms with E-state index in [9.17, 15) is 8.78 Å². The van der Waals surface area contributed by atoms with Gasteiger partial charge in [-0.05, 0) is 11.3 Å². The number of nitrogens with zero attached hydrogens (tertiary/aromatic N) is 1. The van der Waals surface area contributed by atoms with E-state index in [2.05, 4.69) is 26.2 Å². The van der Waals surface area contributed by atoms with Gasteiger partial charge in [-0.1, -0.05) is 20.8 Å². The van der Waals surface area contributed by atoms with Crippen molar-refractivity contribution in [3.63, 3.8) is 0 Å². The molecule has 0 saturated carbocycles. The van der Waals surface area contributed by atoms with Crippen LogP contribution in [0.5, 0.6) is 0 Å². The minimum absolute atomic E-state index is 0.108. The molecule has 0 aromatic heterocycles. The standard InChI is InChI=1S/C8H16F2N2/c1-8(2,3)6-4-11-12(5-6)7(9)10/h6-7,11H,4-5H2,1-3H3. The van der Waals surface area contributed by atoms with Crippen LogP contribution in [0.25, 0.3) is 0 Å². The average Bonchev–Trinajstić information content (AvgIpc) is 2.30. The first-order chi connectivity index (χ1) is 5.41. The highest BCUT2D eigenvalue weighted by Crippen LogP contribution is 2.29. The highest BCUT2D eigenvalue weighted by Gasteiger charge is 2.34. The topological polar surface area (TPSA) is 15.3 Å². The van der Waals surface area contributed by atoms with Gasteiger partial charge in [0.1, 0.15) is 0 Å². The molecule has 1 aliphatic heterocycles. The molecule has 1 aliphatic rings. The van der Waals surface area contributed by atoms with Gasteiger partial charge in [-0.15, -0.1) is 0 Å². The Balaban J connectivity index is 2.46. The second-order valence-corrected chi connectivity index (χ2v) is 4.36. The number of hydrogen-bond acceptors (Lipinski definition) is 2. The SMILES string of the molecule is CC(C)(C)C1CNN(C(F)F)C1. The summed E-state index contributed by atoms with van der Waals surface area (Å²) in [6, 6.07) is 0. The van der Waals surface area contributed by atoms with Gasteiger partial charge in [0.15, 0.2) is 0 Å². The summed E-state index contributed by atoms with van der Waals surface area (Å²) in [5, 5.41) is 1.01. The van der Waals surface area contributed by atoms with Crippen LogP contribution >= 0.6 is 0 Å². The molecule has 1 unspecified atom stereocenters. The van der Waals surface area contributed by atoms with E-state index in [1.165, 1.54) is 0 Å². The van der Waals surface area contributed by atoms with E-state index >= 15 is 0 Å². The van der Waals surface area contributed by atoms with E-state index in [0.717, 1.165) is 5.01 Å². The predicted octanol–water partition coefficient (Wildman–Crippen LogP) is 1.69. The normalized spacial score (nSPS) is 27.0. The third kappa shape index (κ3) is 2.14. The molecule has 12 heavy (non-hydrogen) atoms. The third-order valence-electron chi connectivity index (χ3n) is 2.42. The zero-order valence-electron chi connectivity index (χ0n) is 7.77. The van der Waals surface area contributed by atoms with Gasteiger partial charge in [-0.25, -0.2) is 0 Å². The number of rotatable bonds is 1. The van der Waals surface area contributed by atoms with Crippen molar-refractivity contribution in [2.24, 2.45) is 11.3 Å². The summed E-state index contributed by atoms with van der Waals surface area (Å²) in [5.74, 6) is 0.312. The Labute approximate surface area is 71.9 Å². The third-order valence-corrected chi connectivity index (χ3v) is 2.42. The van der Waals surface area contributed by atoms with Gasteiger partial charge < -0.3 is 0 Å². The Morgan fingerprint density at radius 3 is 2.25 bits per heavy atom. The lowest BCUT2D eigenvalue weighted by Gasteiger charge is -2.25. The van der Waals surface area contributed by atoms with Crippen LogP contribution in [0.2, 0.25) is 0 Å². The summed E-state index contributed by atoms with van der Waals surface area (Å²) >= 11 is 0. The maximum Gasteiger partial charge on any atom is 0.306 e. The van der Waals surface area contributed by atoms with Crippen LogP contribution in [0.4, 0.5) is 8.78 Å². The van der Waals surface area contributed by atoms with Gasteiger partial charge >= 0.3 is 6.55 Å². The maximum absolute atomic E-state index is 12.2. The molecule has 0 aromatic carbocycles. The first-order valence-electron chi connectivity index (χ1n) is 4.19. The second kappa shape index (κ2) is 3.26. The monoisotopic (exact) mass is 178 g/mol. The molecule has 0 aromatic rings. The molecule has 0 radical (unpaired) electrons. The van der Waals surface area contributed by atoms with Crippen molar-refractivity contribution in [2.75, 3.05) is 13.1 Å². The summed E-state index contributed by atoms with van der Waals surface area (Å²) in [7, 11) is 0. The van der Waals surface area contributed by atoms with Crippen molar-refractivity contribution in [1.29, 1.82) is 0 Å². The van der Waals surface area contributed by atoms with E-state index in [1.807, 2.05) is 0 Å². The molecule has 0 bridgehead atoms. The van der Waals surface area contributed by atoms with Crippen molar-refractivity contribution in [2.45, 2.75) is 27.3 Å². The van der Waals surface area contributed by atoms with Crippen LogP contribution in [0.3, 0.4) is 0 Å². The average molecular weight is 178 g/mol. The largest absolute Gasteiger partial charge is 0.306 e. The quantitative estimate of drug-likeness (QED) is 0.615. The van der Waals surface area contributed by atoms with E-state index < -0.39 is 6.55 Å². The van der Waals surface area contributed by atoms with Crippen LogP contribution in [-0.4, -0.2) is 24.6 Å². The Kier molecular flexibility index (Phi) is 2.68. The van der Waals surface area contributed by atoms with E-state index in [-0.39, 0.29) is 5.41 Å². The van der Waals surface area contributed by atoms with Crippen molar-refractivity contribution in [3.8, 4) is 0 Å². The Hall–Kier alpha value is -0.220. The molecule has 1 N–H and O–H groups in total. The van der Waals surface area contributed by atoms with Crippen LogP contribution in [0.15, 0.2) is 0 Å². The number of hydrogen-bond donors (Lipinski definition) is 1. The van der Waals surface area contributed by atoms with Crippen LogP contribution < -0.4 is 5.43 Å². The molecule has 1 fully saturated rings. The fraction of sp³-hybridized carbons (Fsp3) is 1.00. The fourth-order valence-corrected chi connectivity index (χ4v) is 1.32. The van der Waals surface area contributed by atoms with Crippen molar-refractivity contribution < 1.29 is 8.78 Å². The van der Waals surface area contributed by atoms with Crippen molar-refractivity contribution in [1.82, 2.24) is 10.4 Å². The van der Waals surface area contributed by atoms with E-state index in [0.29, 0.717) is 19.0 Å². The number of halogens is 2. The van der Waals surface area contributed by atoms with Crippen molar-refractivity contribution >= 4 is 0 Å². The molecular weight excluding hydrogens is 162 g/mol. The molecule has 72 valence electrons. The van der Waals surface area contributed by atoms with Crippen LogP contribution in [0.1, 0.15) is 20.8 Å². The minimum Gasteiger partial charge on any atom is -0.250 e. The van der Waals surface area contributed by atoms with E-state index in [4.69, 9.17) is 0 Å². The number of alkyl halides is 2.